The number of benzene rings is 3. The summed E-state index contributed by atoms with van der Waals surface area (Å²) in [6, 6.07) is -0.921. The summed E-state index contributed by atoms with van der Waals surface area (Å²) < 4.78 is 0. The molecule has 3 aromatic carbocycles. The third-order valence-corrected chi connectivity index (χ3v) is 23.6. The summed E-state index contributed by atoms with van der Waals surface area (Å²) in [4.78, 5) is 233. The van der Waals surface area contributed by atoms with Crippen LogP contribution in [0.15, 0.2) is 85.1 Å². The number of carbonyl (C=O) groups excluding carboxylic acids is 16. The number of hydrogen-bond acceptors (Lipinski definition) is 23. The molecule has 145 heavy (non-hydrogen) atoms. The van der Waals surface area contributed by atoms with Gasteiger partial charge in [-0.2, -0.15) is 0 Å². The van der Waals surface area contributed by atoms with Crippen LogP contribution < -0.4 is 146 Å². The maximum absolute atomic E-state index is 15.3. The van der Waals surface area contributed by atoms with Gasteiger partial charge in [-0.3, -0.25) is 104 Å². The number of fused-ring (bicyclic) bond motifs is 1. The molecule has 0 radical (unpaired) electrons. The molecule has 0 unspecified atom stereocenters. The minimum atomic E-state index is -1.56. The Morgan fingerprint density at radius 2 is 0.614 bits per heavy atom. The van der Waals surface area contributed by atoms with E-state index in [9.17, 15) is 62.6 Å². The minimum Gasteiger partial charge on any atom is -0.508 e. The Bertz CT molecular complexity index is 5040. The number of aromatic hydroxyl groups is 1. The Morgan fingerprint density at radius 1 is 0.317 bits per heavy atom. The molecule has 0 aliphatic heterocycles. The number of aromatic amines is 1. The van der Waals surface area contributed by atoms with Gasteiger partial charge in [-0.1, -0.05) is 136 Å². The SMILES string of the molecule is CC[C@H](C)[C@H](NC(=O)[C@@H](NC(=O)[C@H](CCCNC(=N)N)NC(=O)[C@@H](NC(=O)[C@H](C)NC(=O)[C@@H](NC(=O)[C@H](CCCNC(=N)N)NC(=O)[C@H](C)NC(=O)[C@@H](N)CCCNC(=N)N)C(C)C)C(C)C)C(C)C)C(=O)N[C@@H](CCCNC(=N)N)C(=O)N[C@@H](Cc1ccccc1)C(=O)N[C@@H](CC(C)C)C(=O)N[C@@H](Cc1ccc(O)cc1)C(=O)N[C@@H](CCCNC(=N)N)C(=O)N[C@@H](C)C(=O)N[C@@H](Cc1c[nH]c2ccccc12)C(N)=O. The standard InChI is InChI=1S/C95H155N33O17/c1-14-52(10)74(128-89(144)73(51(8)9)127-83(138)66(33-24-42-112-95(106)107)119-88(143)72(50(6)7)125-78(133)55(13)116-87(142)71(49(4)5)126-82(137)65(32-23-41-111-94(104)105)117-76(131)53(11)114-79(134)61(96)28-20-38-108-91(98)99)90(145)120-64(31-22-40-110-93(102)103)81(136)123-69(44-56-25-16-15-17-26-56)86(141)122-68(43-48(2)3)84(139)124-70(45-57-34-36-59(129)37-35-57)85(140)118-63(30-21-39-109-92(100)101)80(135)115-54(12)77(132)121-67(75(97)130)46-58-47-113-62-29-19-18-27-60(58)62/h15-19,25-27,29,34-37,47-55,61,63-74,113,129H,14,20-24,28,30-33,38-46,96H2,1-13H3,(H2,97,130)(H,114,134)(H,115,135)(H,116,142)(H,117,131)(H,118,140)(H,119,143)(H,120,145)(H,121,132)(H,122,141)(H,123,136)(H,124,139)(H,125,133)(H,126,137)(H,127,138)(H,128,144)(H4,98,99,108)(H4,100,101,109)(H4,102,103,110)(H4,104,105,111)(H4,106,107,112)/t52-,53-,54-,55-,61-,63-,64-,65-,66-,67-,68-,69-,70-,71-,72-,73-,74-/m0/s1. The van der Waals surface area contributed by atoms with E-state index < -0.39 is 227 Å². The second kappa shape index (κ2) is 62.3. The van der Waals surface area contributed by atoms with Crippen LogP contribution in [0.4, 0.5) is 0 Å². The zero-order valence-electron chi connectivity index (χ0n) is 84.9. The van der Waals surface area contributed by atoms with Gasteiger partial charge in [0.15, 0.2) is 29.8 Å². The summed E-state index contributed by atoms with van der Waals surface area (Å²) in [5.74, 6) is -19.0. The topological polar surface area (TPSA) is 851 Å². The van der Waals surface area contributed by atoms with Crippen molar-refractivity contribution in [3.63, 3.8) is 0 Å². The highest BCUT2D eigenvalue weighted by molar-refractivity contribution is 6.02. The molecular weight excluding hydrogens is 1880 g/mol. The molecule has 0 bridgehead atoms. The van der Waals surface area contributed by atoms with Gasteiger partial charge >= 0.3 is 0 Å². The fourth-order valence-electron chi connectivity index (χ4n) is 15.1. The van der Waals surface area contributed by atoms with Crippen LogP contribution in [0, 0.1) is 56.6 Å². The molecule has 1 aromatic heterocycles. The van der Waals surface area contributed by atoms with Crippen LogP contribution in [0.5, 0.6) is 5.75 Å². The highest BCUT2D eigenvalue weighted by Gasteiger charge is 2.41. The summed E-state index contributed by atoms with van der Waals surface area (Å²) in [5, 5.41) is 103. The van der Waals surface area contributed by atoms with Crippen molar-refractivity contribution in [3.05, 3.63) is 102 Å². The molecule has 17 atom stereocenters. The lowest BCUT2D eigenvalue weighted by atomic mass is 9.95. The van der Waals surface area contributed by atoms with Crippen LogP contribution in [0.1, 0.15) is 184 Å². The summed E-state index contributed by atoms with van der Waals surface area (Å²) in [6.07, 6.45) is 1.71. The van der Waals surface area contributed by atoms with Crippen LogP contribution in [-0.4, -0.2) is 264 Å². The van der Waals surface area contributed by atoms with E-state index in [1.54, 1.807) is 112 Å². The number of nitrogens with one attached hydrogen (secondary N) is 26. The molecule has 50 nitrogen and oxygen atoms in total. The van der Waals surface area contributed by atoms with Crippen LogP contribution in [0.2, 0.25) is 0 Å². The number of phenols is 1. The molecule has 802 valence electrons. The number of amides is 16. The minimum absolute atomic E-state index is 0.000746. The number of rotatable bonds is 64. The van der Waals surface area contributed by atoms with Gasteiger partial charge in [-0.15, -0.1) is 0 Å². The molecular formula is C95H155N33O17. The first kappa shape index (κ1) is 122. The molecule has 0 aliphatic rings. The predicted octanol–water partition coefficient (Wildman–Crippen LogP) is -4.58. The Balaban J connectivity index is 1.63. The molecule has 0 aliphatic carbocycles. The smallest absolute Gasteiger partial charge is 0.243 e. The Kier molecular flexibility index (Phi) is 52.5. The van der Waals surface area contributed by atoms with Crippen molar-refractivity contribution in [1.29, 1.82) is 27.0 Å². The van der Waals surface area contributed by atoms with Crippen molar-refractivity contribution in [2.45, 2.75) is 283 Å². The van der Waals surface area contributed by atoms with E-state index in [0.29, 0.717) is 23.1 Å². The average Bonchev–Trinajstić information content (AvgIpc) is 1.69. The van der Waals surface area contributed by atoms with Crippen molar-refractivity contribution in [2.24, 2.45) is 69.7 Å². The van der Waals surface area contributed by atoms with E-state index in [-0.39, 0.29) is 152 Å². The lowest BCUT2D eigenvalue weighted by Crippen LogP contribution is -2.62. The number of carbonyl (C=O) groups is 16. The molecule has 0 saturated carbocycles. The van der Waals surface area contributed by atoms with Crippen molar-refractivity contribution in [2.75, 3.05) is 32.7 Å². The van der Waals surface area contributed by atoms with Crippen molar-refractivity contribution >= 4 is 135 Å². The highest BCUT2D eigenvalue weighted by atomic mass is 16.3. The summed E-state index contributed by atoms with van der Waals surface area (Å²) in [7, 11) is 0. The first-order valence-electron chi connectivity index (χ1n) is 48.7. The van der Waals surface area contributed by atoms with E-state index in [1.165, 1.54) is 45.0 Å². The molecule has 50 heteroatoms. The number of guanidine groups is 5. The monoisotopic (exact) mass is 2030 g/mol. The van der Waals surface area contributed by atoms with Crippen molar-refractivity contribution in [3.8, 4) is 5.75 Å². The van der Waals surface area contributed by atoms with Crippen LogP contribution in [0.3, 0.4) is 0 Å². The number of aromatic nitrogens is 1. The van der Waals surface area contributed by atoms with Crippen LogP contribution in [-0.2, 0) is 96.0 Å². The average molecular weight is 2030 g/mol. The molecule has 4 aromatic rings. The maximum Gasteiger partial charge on any atom is 0.243 e. The number of phenolic OH excluding ortho intramolecular Hbond substituents is 1. The first-order valence-corrected chi connectivity index (χ1v) is 48.7. The Labute approximate surface area is 844 Å². The Hall–Kier alpha value is -15.2. The van der Waals surface area contributed by atoms with Crippen molar-refractivity contribution < 1.29 is 81.8 Å². The molecule has 4 rings (SSSR count). The van der Waals surface area contributed by atoms with E-state index in [0.717, 1.165) is 10.9 Å². The van der Waals surface area contributed by atoms with Crippen molar-refractivity contribution in [1.82, 2.24) is 111 Å². The van der Waals surface area contributed by atoms with E-state index in [2.05, 4.69) is 111 Å². The predicted molar refractivity (Wildman–Crippen MR) is 546 cm³/mol. The van der Waals surface area contributed by atoms with Gasteiger partial charge in [0.05, 0.1) is 6.04 Å². The molecule has 41 N–H and O–H groups in total. The van der Waals surface area contributed by atoms with Gasteiger partial charge in [0.2, 0.25) is 94.5 Å². The van der Waals surface area contributed by atoms with Gasteiger partial charge in [-0.05, 0) is 156 Å². The van der Waals surface area contributed by atoms with Crippen LogP contribution in [0.25, 0.3) is 10.9 Å². The summed E-state index contributed by atoms with van der Waals surface area (Å²) in [6.45, 7) is 20.9. The number of para-hydroxylation sites is 1. The van der Waals surface area contributed by atoms with E-state index in [4.69, 9.17) is 67.2 Å². The van der Waals surface area contributed by atoms with Crippen LogP contribution >= 0.6 is 0 Å². The normalized spacial score (nSPS) is 14.7. The van der Waals surface area contributed by atoms with Gasteiger partial charge in [0.1, 0.15) is 96.4 Å². The zero-order valence-corrected chi connectivity index (χ0v) is 84.9. The number of primary amides is 1. The maximum atomic E-state index is 15.3. The molecule has 0 spiro atoms. The zero-order chi connectivity index (χ0) is 109. The van der Waals surface area contributed by atoms with E-state index >= 15 is 19.2 Å². The molecule has 1 heterocycles. The second-order valence-electron chi connectivity index (χ2n) is 37.4. The molecule has 16 amide bonds. The largest absolute Gasteiger partial charge is 0.508 e. The number of nitrogens with two attached hydrogens (primary N) is 7. The third-order valence-electron chi connectivity index (χ3n) is 23.6. The molecule has 0 saturated heterocycles. The van der Waals surface area contributed by atoms with Gasteiger partial charge in [-0.25, -0.2) is 0 Å². The highest BCUT2D eigenvalue weighted by Crippen LogP contribution is 2.22. The third kappa shape index (κ3) is 44.5. The second-order valence-corrected chi connectivity index (χ2v) is 37.4. The first-order chi connectivity index (χ1) is 68.3. The summed E-state index contributed by atoms with van der Waals surface area (Å²) in [5.41, 5.74) is 41.8. The van der Waals surface area contributed by atoms with Gasteiger partial charge in [0, 0.05) is 69.1 Å². The van der Waals surface area contributed by atoms with E-state index in [1.807, 2.05) is 18.2 Å². The fraction of sp³-hybridized carbons (Fsp3) is 0.568. The Morgan fingerprint density at radius 3 is 1.02 bits per heavy atom. The lowest BCUT2D eigenvalue weighted by molar-refractivity contribution is -0.137. The molecule has 0 fully saturated rings. The fourth-order valence-corrected chi connectivity index (χ4v) is 15.1. The number of H-pyrrole nitrogens is 1. The lowest BCUT2D eigenvalue weighted by Gasteiger charge is -2.31. The number of hydrogen-bond donors (Lipinski definition) is 34. The van der Waals surface area contributed by atoms with Gasteiger partial charge < -0.3 is 157 Å². The quantitative estimate of drug-likeness (QED) is 0.0112. The van der Waals surface area contributed by atoms with Gasteiger partial charge in [0.25, 0.3) is 0 Å². The summed E-state index contributed by atoms with van der Waals surface area (Å²) >= 11 is 0.